The van der Waals surface area contributed by atoms with Gasteiger partial charge in [0.15, 0.2) is 0 Å². The molecule has 2 saturated carbocycles. The molecule has 0 aliphatic heterocycles. The lowest BCUT2D eigenvalue weighted by atomic mass is 9.93. The van der Waals surface area contributed by atoms with E-state index in [1.165, 1.54) is 51.4 Å². The van der Waals surface area contributed by atoms with E-state index in [2.05, 4.69) is 5.32 Å². The van der Waals surface area contributed by atoms with Crippen LogP contribution in [0.25, 0.3) is 0 Å². The Morgan fingerprint density at radius 3 is 2.29 bits per heavy atom. The van der Waals surface area contributed by atoms with Crippen molar-refractivity contribution >= 4 is 0 Å². The molecule has 3 heteroatoms. The van der Waals surface area contributed by atoms with E-state index in [4.69, 9.17) is 9.47 Å². The first-order valence-electron chi connectivity index (χ1n) is 7.26. The van der Waals surface area contributed by atoms with E-state index in [0.29, 0.717) is 18.2 Å². The molecule has 0 atom stereocenters. The highest BCUT2D eigenvalue weighted by Crippen LogP contribution is 2.21. The maximum atomic E-state index is 5.85. The van der Waals surface area contributed by atoms with Crippen LogP contribution in [0.3, 0.4) is 0 Å². The third-order valence-electron chi connectivity index (χ3n) is 4.20. The van der Waals surface area contributed by atoms with E-state index in [1.54, 1.807) is 0 Å². The molecule has 2 aliphatic rings. The minimum absolute atomic E-state index is 0.503. The number of ether oxygens (including phenoxy) is 2. The Morgan fingerprint density at radius 1 is 0.941 bits per heavy atom. The lowest BCUT2D eigenvalue weighted by molar-refractivity contribution is 0.0493. The number of methoxy groups -OCH3 is 1. The average molecular weight is 241 g/mol. The van der Waals surface area contributed by atoms with Crippen LogP contribution in [-0.2, 0) is 9.47 Å². The van der Waals surface area contributed by atoms with Crippen LogP contribution in [0.5, 0.6) is 0 Å². The SMILES string of the molecule is COC1CCC(NCCOC2CCCC2)CC1. The van der Waals surface area contributed by atoms with E-state index >= 15 is 0 Å². The van der Waals surface area contributed by atoms with E-state index in [0.717, 1.165) is 13.2 Å². The fraction of sp³-hybridized carbons (Fsp3) is 1.00. The quantitative estimate of drug-likeness (QED) is 0.725. The van der Waals surface area contributed by atoms with Crippen molar-refractivity contribution < 1.29 is 9.47 Å². The predicted molar refractivity (Wildman–Crippen MR) is 69.3 cm³/mol. The van der Waals surface area contributed by atoms with Gasteiger partial charge in [0.1, 0.15) is 0 Å². The van der Waals surface area contributed by atoms with E-state index < -0.39 is 0 Å². The Kier molecular flexibility index (Phi) is 5.75. The van der Waals surface area contributed by atoms with Gasteiger partial charge in [-0.25, -0.2) is 0 Å². The molecule has 1 N–H and O–H groups in total. The third-order valence-corrected chi connectivity index (χ3v) is 4.20. The average Bonchev–Trinajstić information content (AvgIpc) is 2.88. The molecular weight excluding hydrogens is 214 g/mol. The van der Waals surface area contributed by atoms with Crippen molar-refractivity contribution in [3.05, 3.63) is 0 Å². The van der Waals surface area contributed by atoms with Gasteiger partial charge in [-0.1, -0.05) is 12.8 Å². The Balaban J connectivity index is 1.48. The molecule has 2 fully saturated rings. The fourth-order valence-electron chi connectivity index (χ4n) is 3.05. The van der Waals surface area contributed by atoms with Gasteiger partial charge < -0.3 is 14.8 Å². The summed E-state index contributed by atoms with van der Waals surface area (Å²) < 4.78 is 11.2. The van der Waals surface area contributed by atoms with Crippen LogP contribution >= 0.6 is 0 Å². The van der Waals surface area contributed by atoms with Crippen molar-refractivity contribution in [2.24, 2.45) is 0 Å². The molecule has 0 aromatic heterocycles. The summed E-state index contributed by atoms with van der Waals surface area (Å²) in [6.45, 7) is 1.90. The van der Waals surface area contributed by atoms with Gasteiger partial charge in [-0.15, -0.1) is 0 Å². The van der Waals surface area contributed by atoms with Crippen LogP contribution in [0.2, 0.25) is 0 Å². The zero-order valence-electron chi connectivity index (χ0n) is 11.1. The van der Waals surface area contributed by atoms with Crippen LogP contribution < -0.4 is 5.32 Å². The molecular formula is C14H27NO2. The molecule has 0 amide bonds. The van der Waals surface area contributed by atoms with Crippen molar-refractivity contribution in [2.75, 3.05) is 20.3 Å². The minimum Gasteiger partial charge on any atom is -0.381 e. The van der Waals surface area contributed by atoms with Crippen molar-refractivity contribution in [2.45, 2.75) is 69.6 Å². The van der Waals surface area contributed by atoms with Crippen molar-refractivity contribution in [3.8, 4) is 0 Å². The number of hydrogen-bond acceptors (Lipinski definition) is 3. The van der Waals surface area contributed by atoms with Gasteiger partial charge in [-0.3, -0.25) is 0 Å². The monoisotopic (exact) mass is 241 g/mol. The topological polar surface area (TPSA) is 30.5 Å². The lowest BCUT2D eigenvalue weighted by Crippen LogP contribution is -2.37. The molecule has 0 aromatic rings. The highest BCUT2D eigenvalue weighted by Gasteiger charge is 2.20. The first-order valence-corrected chi connectivity index (χ1v) is 7.26. The molecule has 3 nitrogen and oxygen atoms in total. The Hall–Kier alpha value is -0.120. The van der Waals surface area contributed by atoms with Crippen LogP contribution in [0.1, 0.15) is 51.4 Å². The van der Waals surface area contributed by atoms with Gasteiger partial charge in [0.05, 0.1) is 18.8 Å². The second-order valence-electron chi connectivity index (χ2n) is 5.44. The van der Waals surface area contributed by atoms with Crippen LogP contribution in [0, 0.1) is 0 Å². The normalized spacial score (nSPS) is 30.9. The maximum absolute atomic E-state index is 5.85. The summed E-state index contributed by atoms with van der Waals surface area (Å²) in [5.41, 5.74) is 0. The molecule has 0 heterocycles. The third kappa shape index (κ3) is 4.57. The number of nitrogens with one attached hydrogen (secondary N) is 1. The van der Waals surface area contributed by atoms with Gasteiger partial charge in [-0.2, -0.15) is 0 Å². The maximum Gasteiger partial charge on any atom is 0.0594 e. The van der Waals surface area contributed by atoms with E-state index in [-0.39, 0.29) is 0 Å². The highest BCUT2D eigenvalue weighted by molar-refractivity contribution is 4.77. The second kappa shape index (κ2) is 7.34. The molecule has 2 rings (SSSR count). The first kappa shape index (κ1) is 13.3. The molecule has 0 saturated heterocycles. The molecule has 17 heavy (non-hydrogen) atoms. The van der Waals surface area contributed by atoms with Gasteiger partial charge >= 0.3 is 0 Å². The number of rotatable bonds is 6. The van der Waals surface area contributed by atoms with Gasteiger partial charge in [0, 0.05) is 19.7 Å². The van der Waals surface area contributed by atoms with Gasteiger partial charge in [0.2, 0.25) is 0 Å². The van der Waals surface area contributed by atoms with E-state index in [9.17, 15) is 0 Å². The standard InChI is InChI=1S/C14H27NO2/c1-16-13-8-6-12(7-9-13)15-10-11-17-14-4-2-3-5-14/h12-15H,2-11H2,1H3. The summed E-state index contributed by atoms with van der Waals surface area (Å²) in [5, 5.41) is 3.61. The summed E-state index contributed by atoms with van der Waals surface area (Å²) in [5.74, 6) is 0. The van der Waals surface area contributed by atoms with Crippen LogP contribution in [-0.4, -0.2) is 38.5 Å². The Morgan fingerprint density at radius 2 is 1.65 bits per heavy atom. The molecule has 0 bridgehead atoms. The largest absolute Gasteiger partial charge is 0.381 e. The Labute approximate surface area is 105 Å². The zero-order chi connectivity index (χ0) is 11.9. The van der Waals surface area contributed by atoms with Gasteiger partial charge in [-0.05, 0) is 38.5 Å². The van der Waals surface area contributed by atoms with E-state index in [1.807, 2.05) is 7.11 Å². The fourth-order valence-corrected chi connectivity index (χ4v) is 3.05. The van der Waals surface area contributed by atoms with Crippen molar-refractivity contribution in [3.63, 3.8) is 0 Å². The van der Waals surface area contributed by atoms with Crippen molar-refractivity contribution in [1.29, 1.82) is 0 Å². The summed E-state index contributed by atoms with van der Waals surface area (Å²) >= 11 is 0. The van der Waals surface area contributed by atoms with Gasteiger partial charge in [0.25, 0.3) is 0 Å². The minimum atomic E-state index is 0.503. The Bertz CT molecular complexity index is 196. The summed E-state index contributed by atoms with van der Waals surface area (Å²) in [6, 6.07) is 0.688. The molecule has 0 aromatic carbocycles. The first-order chi connectivity index (χ1) is 8.38. The molecule has 2 aliphatic carbocycles. The molecule has 100 valence electrons. The smallest absolute Gasteiger partial charge is 0.0594 e. The molecule has 0 unspecified atom stereocenters. The molecule has 0 radical (unpaired) electrons. The van der Waals surface area contributed by atoms with Crippen LogP contribution in [0.4, 0.5) is 0 Å². The van der Waals surface area contributed by atoms with Crippen molar-refractivity contribution in [1.82, 2.24) is 5.32 Å². The van der Waals surface area contributed by atoms with Crippen LogP contribution in [0.15, 0.2) is 0 Å². The summed E-state index contributed by atoms with van der Waals surface area (Å²) in [6.07, 6.45) is 11.2. The predicted octanol–water partition coefficient (Wildman–Crippen LogP) is 2.49. The summed E-state index contributed by atoms with van der Waals surface area (Å²) in [7, 11) is 1.83. The summed E-state index contributed by atoms with van der Waals surface area (Å²) in [4.78, 5) is 0. The second-order valence-corrected chi connectivity index (χ2v) is 5.44. The number of hydrogen-bond donors (Lipinski definition) is 1. The lowest BCUT2D eigenvalue weighted by Gasteiger charge is -2.28. The molecule has 0 spiro atoms. The zero-order valence-corrected chi connectivity index (χ0v) is 11.1. The highest BCUT2D eigenvalue weighted by atomic mass is 16.5.